The van der Waals surface area contributed by atoms with E-state index in [1.165, 1.54) is 19.8 Å². The molecule has 0 aliphatic carbocycles. The Bertz CT molecular complexity index is 492. The van der Waals surface area contributed by atoms with E-state index in [-0.39, 0.29) is 0 Å². The molecule has 0 fully saturated rings. The van der Waals surface area contributed by atoms with Crippen molar-refractivity contribution in [3.63, 3.8) is 0 Å². The molecule has 0 saturated heterocycles. The van der Waals surface area contributed by atoms with E-state index in [0.29, 0.717) is 0 Å². The van der Waals surface area contributed by atoms with Gasteiger partial charge in [0.2, 0.25) is 0 Å². The van der Waals surface area contributed by atoms with Gasteiger partial charge in [0.05, 0.1) is 3.79 Å². The minimum atomic E-state index is 1.00. The first-order valence-corrected chi connectivity index (χ1v) is 7.23. The van der Waals surface area contributed by atoms with Crippen LogP contribution in [0, 0.1) is 6.92 Å². The predicted molar refractivity (Wildman–Crippen MR) is 78.4 cm³/mol. The fraction of sp³-hybridized carbons (Fsp3) is 0.286. The summed E-state index contributed by atoms with van der Waals surface area (Å²) in [4.78, 5) is 3.74. The van der Waals surface area contributed by atoms with E-state index in [1.807, 2.05) is 0 Å². The Kier molecular flexibility index (Phi) is 4.37. The maximum atomic E-state index is 3.50. The first kappa shape index (κ1) is 12.8. The zero-order valence-electron chi connectivity index (χ0n) is 10.1. The standard InChI is InChI=1S/C14H16BrNS/c1-11-5-3-4-6-12(11)9-16(2)10-13-7-8-14(15)17-13/h3-8H,9-10H2,1-2H3. The van der Waals surface area contributed by atoms with Gasteiger partial charge in [-0.25, -0.2) is 0 Å². The zero-order valence-corrected chi connectivity index (χ0v) is 12.5. The van der Waals surface area contributed by atoms with Crippen LogP contribution in [-0.4, -0.2) is 11.9 Å². The van der Waals surface area contributed by atoms with Crippen LogP contribution in [0.25, 0.3) is 0 Å². The number of aryl methyl sites for hydroxylation is 1. The Balaban J connectivity index is 1.98. The van der Waals surface area contributed by atoms with Gasteiger partial charge in [-0.15, -0.1) is 11.3 Å². The highest BCUT2D eigenvalue weighted by Gasteiger charge is 2.05. The van der Waals surface area contributed by atoms with Gasteiger partial charge in [0.15, 0.2) is 0 Å². The van der Waals surface area contributed by atoms with Crippen molar-refractivity contribution in [2.75, 3.05) is 7.05 Å². The minimum Gasteiger partial charge on any atom is -0.297 e. The second kappa shape index (κ2) is 5.80. The van der Waals surface area contributed by atoms with Crippen LogP contribution in [0.4, 0.5) is 0 Å². The highest BCUT2D eigenvalue weighted by Crippen LogP contribution is 2.23. The smallest absolute Gasteiger partial charge is 0.0701 e. The number of hydrogen-bond donors (Lipinski definition) is 0. The van der Waals surface area contributed by atoms with Gasteiger partial charge in [0, 0.05) is 18.0 Å². The lowest BCUT2D eigenvalue weighted by Crippen LogP contribution is -2.17. The molecule has 0 atom stereocenters. The molecule has 2 aromatic rings. The summed E-state index contributed by atoms with van der Waals surface area (Å²) < 4.78 is 1.21. The molecule has 0 saturated carbocycles. The molecule has 0 unspecified atom stereocenters. The van der Waals surface area contributed by atoms with E-state index < -0.39 is 0 Å². The predicted octanol–water partition coefficient (Wildman–Crippen LogP) is 4.45. The Morgan fingerprint density at radius 1 is 1.12 bits per heavy atom. The van der Waals surface area contributed by atoms with Gasteiger partial charge in [-0.1, -0.05) is 24.3 Å². The molecule has 0 N–H and O–H groups in total. The summed E-state index contributed by atoms with van der Waals surface area (Å²) in [5, 5.41) is 0. The van der Waals surface area contributed by atoms with E-state index >= 15 is 0 Å². The van der Waals surface area contributed by atoms with E-state index in [2.05, 4.69) is 71.2 Å². The second-order valence-corrected chi connectivity index (χ2v) is 6.85. The number of benzene rings is 1. The van der Waals surface area contributed by atoms with E-state index in [1.54, 1.807) is 11.3 Å². The third kappa shape index (κ3) is 3.66. The SMILES string of the molecule is Cc1ccccc1CN(C)Cc1ccc(Br)s1. The van der Waals surface area contributed by atoms with E-state index in [4.69, 9.17) is 0 Å². The van der Waals surface area contributed by atoms with Crippen LogP contribution in [0.5, 0.6) is 0 Å². The first-order chi connectivity index (χ1) is 8.15. The van der Waals surface area contributed by atoms with Crippen LogP contribution >= 0.6 is 27.3 Å². The van der Waals surface area contributed by atoms with Crippen molar-refractivity contribution < 1.29 is 0 Å². The lowest BCUT2D eigenvalue weighted by molar-refractivity contribution is 0.321. The molecule has 3 heteroatoms. The molecule has 0 radical (unpaired) electrons. The Hall–Kier alpha value is -0.640. The highest BCUT2D eigenvalue weighted by atomic mass is 79.9. The van der Waals surface area contributed by atoms with E-state index in [9.17, 15) is 0 Å². The van der Waals surface area contributed by atoms with Crippen LogP contribution in [0.2, 0.25) is 0 Å². The van der Waals surface area contributed by atoms with Crippen molar-refractivity contribution in [3.8, 4) is 0 Å². The monoisotopic (exact) mass is 309 g/mol. The molecule has 17 heavy (non-hydrogen) atoms. The maximum absolute atomic E-state index is 3.50. The summed E-state index contributed by atoms with van der Waals surface area (Å²) in [6.07, 6.45) is 0. The summed E-state index contributed by atoms with van der Waals surface area (Å²) >= 11 is 5.31. The van der Waals surface area contributed by atoms with Gasteiger partial charge in [-0.05, 0) is 53.2 Å². The summed E-state index contributed by atoms with van der Waals surface area (Å²) in [6, 6.07) is 12.9. The molecule has 2 rings (SSSR count). The molecule has 1 aromatic carbocycles. The largest absolute Gasteiger partial charge is 0.297 e. The molecule has 0 aliphatic rings. The molecular weight excluding hydrogens is 294 g/mol. The molecule has 0 spiro atoms. The normalized spacial score (nSPS) is 11.1. The minimum absolute atomic E-state index is 1.00. The van der Waals surface area contributed by atoms with Crippen LogP contribution in [0.3, 0.4) is 0 Å². The Morgan fingerprint density at radius 2 is 1.88 bits per heavy atom. The van der Waals surface area contributed by atoms with Crippen LogP contribution < -0.4 is 0 Å². The van der Waals surface area contributed by atoms with Crippen LogP contribution in [0.1, 0.15) is 16.0 Å². The fourth-order valence-corrected chi connectivity index (χ4v) is 3.40. The van der Waals surface area contributed by atoms with Gasteiger partial charge in [0.1, 0.15) is 0 Å². The van der Waals surface area contributed by atoms with Crippen molar-refractivity contribution in [2.24, 2.45) is 0 Å². The zero-order chi connectivity index (χ0) is 12.3. The van der Waals surface area contributed by atoms with Gasteiger partial charge >= 0.3 is 0 Å². The molecule has 1 nitrogen and oxygen atoms in total. The third-order valence-corrected chi connectivity index (χ3v) is 4.36. The molecule has 1 aromatic heterocycles. The highest BCUT2D eigenvalue weighted by molar-refractivity contribution is 9.11. The van der Waals surface area contributed by atoms with Gasteiger partial charge < -0.3 is 0 Å². The van der Waals surface area contributed by atoms with Crippen molar-refractivity contribution in [2.45, 2.75) is 20.0 Å². The van der Waals surface area contributed by atoms with Crippen molar-refractivity contribution in [1.29, 1.82) is 0 Å². The van der Waals surface area contributed by atoms with Gasteiger partial charge in [-0.2, -0.15) is 0 Å². The average molecular weight is 310 g/mol. The van der Waals surface area contributed by atoms with Crippen molar-refractivity contribution in [1.82, 2.24) is 4.90 Å². The van der Waals surface area contributed by atoms with Gasteiger partial charge in [0.25, 0.3) is 0 Å². The summed E-state index contributed by atoms with van der Waals surface area (Å²) in [6.45, 7) is 4.18. The average Bonchev–Trinajstić information content (AvgIpc) is 2.67. The summed E-state index contributed by atoms with van der Waals surface area (Å²) in [7, 11) is 2.17. The topological polar surface area (TPSA) is 3.24 Å². The fourth-order valence-electron chi connectivity index (χ4n) is 1.84. The van der Waals surface area contributed by atoms with Crippen LogP contribution in [-0.2, 0) is 13.1 Å². The van der Waals surface area contributed by atoms with Crippen LogP contribution in [0.15, 0.2) is 40.2 Å². The number of thiophene rings is 1. The molecule has 1 heterocycles. The molecule has 0 bridgehead atoms. The molecular formula is C14H16BrNS. The summed E-state index contributed by atoms with van der Waals surface area (Å²) in [5.41, 5.74) is 2.78. The number of hydrogen-bond acceptors (Lipinski definition) is 2. The first-order valence-electron chi connectivity index (χ1n) is 5.62. The molecule has 0 amide bonds. The second-order valence-electron chi connectivity index (χ2n) is 4.30. The van der Waals surface area contributed by atoms with Crippen molar-refractivity contribution >= 4 is 27.3 Å². The summed E-state index contributed by atoms with van der Waals surface area (Å²) in [5.74, 6) is 0. The van der Waals surface area contributed by atoms with Gasteiger partial charge in [-0.3, -0.25) is 4.90 Å². The third-order valence-electron chi connectivity index (χ3n) is 2.76. The quantitative estimate of drug-likeness (QED) is 0.806. The lowest BCUT2D eigenvalue weighted by Gasteiger charge is -2.17. The maximum Gasteiger partial charge on any atom is 0.0701 e. The molecule has 90 valence electrons. The Labute approximate surface area is 115 Å². The Morgan fingerprint density at radius 3 is 2.53 bits per heavy atom. The lowest BCUT2D eigenvalue weighted by atomic mass is 10.1. The number of halogens is 1. The number of rotatable bonds is 4. The number of nitrogens with zero attached hydrogens (tertiary/aromatic N) is 1. The molecule has 0 aliphatic heterocycles. The van der Waals surface area contributed by atoms with E-state index in [0.717, 1.165) is 13.1 Å². The van der Waals surface area contributed by atoms with Crippen molar-refractivity contribution in [3.05, 3.63) is 56.2 Å².